The number of benzene rings is 3. The van der Waals surface area contributed by atoms with Crippen molar-refractivity contribution in [1.82, 2.24) is 4.90 Å². The van der Waals surface area contributed by atoms with Crippen LogP contribution in [0.1, 0.15) is 23.7 Å². The minimum atomic E-state index is -0.105. The van der Waals surface area contributed by atoms with Crippen molar-refractivity contribution in [1.29, 1.82) is 0 Å². The van der Waals surface area contributed by atoms with Crippen LogP contribution in [0.4, 0.5) is 22.7 Å². The van der Waals surface area contributed by atoms with Gasteiger partial charge < -0.3 is 44.3 Å². The Morgan fingerprint density at radius 1 is 0.721 bits per heavy atom. The Bertz CT molecular complexity index is 1400. The van der Waals surface area contributed by atoms with E-state index in [0.717, 1.165) is 48.1 Å². The third-order valence-electron chi connectivity index (χ3n) is 8.17. The number of carbonyl (C=O) groups is 1. The molecule has 3 aromatic carbocycles. The zero-order valence-electron chi connectivity index (χ0n) is 25.7. The standard InChI is InChI=1S/C33H43N5O5/c1-5-22-43-32-29(42-4)23-24(33(39)38-20-16-36(17-21-38)26-11-7-9-13-28(26)41-3)30(34)31(32)37-18-14-35(15-19-37)25-10-6-8-12-27(25)40-2/h6-13,23H,5,14-22,34H2,1-4H3. The molecular weight excluding hydrogens is 546 g/mol. The monoisotopic (exact) mass is 589 g/mol. The number of carbonyl (C=O) groups excluding carboxylic acids is 1. The molecule has 2 N–H and O–H groups in total. The number of nitrogens with two attached hydrogens (primary N) is 1. The summed E-state index contributed by atoms with van der Waals surface area (Å²) in [6.45, 7) is 8.02. The maximum absolute atomic E-state index is 14.0. The van der Waals surface area contributed by atoms with Crippen molar-refractivity contribution in [3.63, 3.8) is 0 Å². The van der Waals surface area contributed by atoms with Crippen molar-refractivity contribution < 1.29 is 23.7 Å². The lowest BCUT2D eigenvalue weighted by Crippen LogP contribution is -2.49. The highest BCUT2D eigenvalue weighted by Gasteiger charge is 2.31. The maximum Gasteiger partial charge on any atom is 0.256 e. The fourth-order valence-electron chi connectivity index (χ4n) is 5.90. The van der Waals surface area contributed by atoms with Crippen molar-refractivity contribution in [3.05, 3.63) is 60.2 Å². The van der Waals surface area contributed by atoms with Gasteiger partial charge in [0.2, 0.25) is 0 Å². The smallest absolute Gasteiger partial charge is 0.256 e. The molecule has 0 saturated carbocycles. The molecule has 0 unspecified atom stereocenters. The number of rotatable bonds is 10. The maximum atomic E-state index is 14.0. The molecule has 5 rings (SSSR count). The summed E-state index contributed by atoms with van der Waals surface area (Å²) in [6, 6.07) is 17.8. The number of nitrogen functional groups attached to an aromatic ring is 1. The largest absolute Gasteiger partial charge is 0.495 e. The molecule has 230 valence electrons. The minimum absolute atomic E-state index is 0.105. The van der Waals surface area contributed by atoms with E-state index in [2.05, 4.69) is 27.7 Å². The van der Waals surface area contributed by atoms with Crippen LogP contribution in [0.2, 0.25) is 0 Å². The quantitative estimate of drug-likeness (QED) is 0.346. The Morgan fingerprint density at radius 3 is 1.72 bits per heavy atom. The van der Waals surface area contributed by atoms with E-state index < -0.39 is 0 Å². The molecule has 0 atom stereocenters. The van der Waals surface area contributed by atoms with E-state index in [1.165, 1.54) is 0 Å². The van der Waals surface area contributed by atoms with Gasteiger partial charge in [-0.2, -0.15) is 0 Å². The van der Waals surface area contributed by atoms with Gasteiger partial charge in [0, 0.05) is 52.4 Å². The Balaban J connectivity index is 1.39. The van der Waals surface area contributed by atoms with Gasteiger partial charge in [-0.1, -0.05) is 31.2 Å². The number of amides is 1. The van der Waals surface area contributed by atoms with E-state index in [-0.39, 0.29) is 5.91 Å². The molecule has 0 spiro atoms. The first-order valence-corrected chi connectivity index (χ1v) is 14.9. The number of para-hydroxylation sites is 4. The zero-order chi connectivity index (χ0) is 30.3. The number of nitrogens with zero attached hydrogens (tertiary/aromatic N) is 4. The van der Waals surface area contributed by atoms with Crippen LogP contribution >= 0.6 is 0 Å². The molecule has 2 saturated heterocycles. The molecule has 1 amide bonds. The SMILES string of the molecule is CCCOc1c(OC)cc(C(=O)N2CCN(c3ccccc3OC)CC2)c(N)c1N1CCN(c2ccccc2OC)CC1. The molecule has 2 fully saturated rings. The molecule has 2 aliphatic rings. The predicted molar refractivity (Wildman–Crippen MR) is 172 cm³/mol. The van der Waals surface area contributed by atoms with E-state index in [9.17, 15) is 4.79 Å². The number of ether oxygens (including phenoxy) is 4. The third kappa shape index (κ3) is 6.18. The highest BCUT2D eigenvalue weighted by Crippen LogP contribution is 2.45. The summed E-state index contributed by atoms with van der Waals surface area (Å²) in [5.74, 6) is 2.68. The molecule has 43 heavy (non-hydrogen) atoms. The second-order valence-corrected chi connectivity index (χ2v) is 10.7. The summed E-state index contributed by atoms with van der Waals surface area (Å²) in [5, 5.41) is 0. The molecule has 0 bridgehead atoms. The summed E-state index contributed by atoms with van der Waals surface area (Å²) < 4.78 is 23.2. The highest BCUT2D eigenvalue weighted by molar-refractivity contribution is 6.04. The van der Waals surface area contributed by atoms with Gasteiger partial charge in [0.1, 0.15) is 17.2 Å². The van der Waals surface area contributed by atoms with E-state index in [1.807, 2.05) is 47.4 Å². The van der Waals surface area contributed by atoms with E-state index >= 15 is 0 Å². The minimum Gasteiger partial charge on any atom is -0.495 e. The van der Waals surface area contributed by atoms with Crippen LogP contribution in [0.3, 0.4) is 0 Å². The van der Waals surface area contributed by atoms with Gasteiger partial charge in [-0.25, -0.2) is 0 Å². The molecule has 10 nitrogen and oxygen atoms in total. The van der Waals surface area contributed by atoms with Crippen LogP contribution in [0.5, 0.6) is 23.0 Å². The average molecular weight is 590 g/mol. The van der Waals surface area contributed by atoms with Gasteiger partial charge in [0.15, 0.2) is 11.5 Å². The molecule has 0 radical (unpaired) electrons. The van der Waals surface area contributed by atoms with Gasteiger partial charge in [0.25, 0.3) is 5.91 Å². The van der Waals surface area contributed by atoms with Gasteiger partial charge in [0.05, 0.1) is 50.6 Å². The topological polar surface area (TPSA) is 93.0 Å². The fraction of sp³-hybridized carbons (Fsp3) is 0.424. The molecular formula is C33H43N5O5. The van der Waals surface area contributed by atoms with Gasteiger partial charge in [-0.05, 0) is 36.8 Å². The number of hydrogen-bond donors (Lipinski definition) is 1. The number of methoxy groups -OCH3 is 3. The Morgan fingerprint density at radius 2 is 1.21 bits per heavy atom. The van der Waals surface area contributed by atoms with Crippen LogP contribution in [-0.4, -0.2) is 91.1 Å². The molecule has 3 aromatic rings. The van der Waals surface area contributed by atoms with Gasteiger partial charge in [-0.15, -0.1) is 0 Å². The summed E-state index contributed by atoms with van der Waals surface area (Å²) in [4.78, 5) is 22.6. The second kappa shape index (κ2) is 13.7. The normalized spacial score (nSPS) is 15.3. The lowest BCUT2D eigenvalue weighted by atomic mass is 10.1. The second-order valence-electron chi connectivity index (χ2n) is 10.7. The number of hydrogen-bond acceptors (Lipinski definition) is 9. The summed E-state index contributed by atoms with van der Waals surface area (Å²) in [7, 11) is 4.98. The molecule has 2 heterocycles. The fourth-order valence-corrected chi connectivity index (χ4v) is 5.90. The first-order valence-electron chi connectivity index (χ1n) is 14.9. The first-order chi connectivity index (χ1) is 21.0. The van der Waals surface area contributed by atoms with Gasteiger partial charge >= 0.3 is 0 Å². The van der Waals surface area contributed by atoms with Crippen LogP contribution in [0.15, 0.2) is 54.6 Å². The van der Waals surface area contributed by atoms with Crippen LogP contribution in [0.25, 0.3) is 0 Å². The van der Waals surface area contributed by atoms with Crippen LogP contribution in [0, 0.1) is 0 Å². The molecule has 0 aromatic heterocycles. The predicted octanol–water partition coefficient (Wildman–Crippen LogP) is 4.37. The Kier molecular flexibility index (Phi) is 9.54. The molecule has 10 heteroatoms. The number of anilines is 4. The van der Waals surface area contributed by atoms with Crippen molar-refractivity contribution in [2.75, 3.05) is 101 Å². The Hall–Kier alpha value is -4.47. The third-order valence-corrected chi connectivity index (χ3v) is 8.17. The van der Waals surface area contributed by atoms with Crippen LogP contribution in [-0.2, 0) is 0 Å². The van der Waals surface area contributed by atoms with Crippen molar-refractivity contribution >= 4 is 28.7 Å². The van der Waals surface area contributed by atoms with Crippen LogP contribution < -0.4 is 39.4 Å². The van der Waals surface area contributed by atoms with E-state index in [0.29, 0.717) is 68.6 Å². The average Bonchev–Trinajstić information content (AvgIpc) is 3.07. The first kappa shape index (κ1) is 30.0. The van der Waals surface area contributed by atoms with E-state index in [1.54, 1.807) is 27.4 Å². The van der Waals surface area contributed by atoms with Crippen molar-refractivity contribution in [3.8, 4) is 23.0 Å². The summed E-state index contributed by atoms with van der Waals surface area (Å²) in [5.41, 5.74) is 10.6. The number of piperazine rings is 2. The lowest BCUT2D eigenvalue weighted by molar-refractivity contribution is 0.0747. The van der Waals surface area contributed by atoms with Gasteiger partial charge in [-0.3, -0.25) is 4.79 Å². The molecule has 2 aliphatic heterocycles. The summed E-state index contributed by atoms with van der Waals surface area (Å²) >= 11 is 0. The zero-order valence-corrected chi connectivity index (χ0v) is 25.7. The lowest BCUT2D eigenvalue weighted by Gasteiger charge is -2.39. The summed E-state index contributed by atoms with van der Waals surface area (Å²) in [6.07, 6.45) is 0.835. The Labute approximate surface area is 254 Å². The van der Waals surface area contributed by atoms with Crippen molar-refractivity contribution in [2.24, 2.45) is 0 Å². The molecule has 0 aliphatic carbocycles. The highest BCUT2D eigenvalue weighted by atomic mass is 16.5. The van der Waals surface area contributed by atoms with E-state index in [4.69, 9.17) is 24.7 Å². The van der Waals surface area contributed by atoms with Crippen molar-refractivity contribution in [2.45, 2.75) is 13.3 Å².